The number of aliphatic hydroxyl groups is 1. The first-order valence-corrected chi connectivity index (χ1v) is 11.2. The second-order valence-electron chi connectivity index (χ2n) is 8.23. The molecule has 0 saturated carbocycles. The number of carbonyl (C=O) groups is 2. The molecule has 6 nitrogen and oxygen atoms in total. The lowest BCUT2D eigenvalue weighted by atomic mass is 9.97. The van der Waals surface area contributed by atoms with Gasteiger partial charge in [0.2, 0.25) is 0 Å². The average Bonchev–Trinajstić information content (AvgIpc) is 3.08. The number of hydrogen-bond donors (Lipinski definition) is 1. The molecule has 2 aromatic rings. The van der Waals surface area contributed by atoms with Crippen LogP contribution in [0.15, 0.2) is 54.2 Å². The molecular formula is C25H27ClN2O4. The van der Waals surface area contributed by atoms with Gasteiger partial charge in [0, 0.05) is 31.3 Å². The summed E-state index contributed by atoms with van der Waals surface area (Å²) in [4.78, 5) is 30.2. The molecule has 1 unspecified atom stereocenters. The molecule has 0 radical (unpaired) electrons. The summed E-state index contributed by atoms with van der Waals surface area (Å²) in [5.41, 5.74) is 2.55. The van der Waals surface area contributed by atoms with E-state index in [0.717, 1.165) is 24.2 Å². The van der Waals surface area contributed by atoms with Gasteiger partial charge in [-0.1, -0.05) is 35.9 Å². The summed E-state index contributed by atoms with van der Waals surface area (Å²) in [6.07, 6.45) is 2.34. The van der Waals surface area contributed by atoms with E-state index in [2.05, 4.69) is 0 Å². The highest BCUT2D eigenvalue weighted by Crippen LogP contribution is 2.34. The molecule has 2 aliphatic heterocycles. The monoisotopic (exact) mass is 454 g/mol. The maximum Gasteiger partial charge on any atom is 0.277 e. The molecule has 2 heterocycles. The summed E-state index contributed by atoms with van der Waals surface area (Å²) in [5.74, 6) is 0.303. The van der Waals surface area contributed by atoms with Crippen LogP contribution in [-0.2, 0) is 16.0 Å². The summed E-state index contributed by atoms with van der Waals surface area (Å²) < 4.78 is 5.19. The van der Waals surface area contributed by atoms with Crippen molar-refractivity contribution in [3.8, 4) is 5.75 Å². The van der Waals surface area contributed by atoms with Crippen LogP contribution in [0.4, 0.5) is 0 Å². The number of aliphatic hydroxyl groups excluding tert-OH is 1. The van der Waals surface area contributed by atoms with Crippen molar-refractivity contribution in [2.75, 3.05) is 33.4 Å². The largest absolute Gasteiger partial charge is 0.497 e. The molecule has 1 fully saturated rings. The van der Waals surface area contributed by atoms with Crippen molar-refractivity contribution in [2.24, 2.45) is 5.92 Å². The summed E-state index contributed by atoms with van der Waals surface area (Å²) in [6.45, 7) is 1.62. The van der Waals surface area contributed by atoms with E-state index in [4.69, 9.17) is 16.3 Å². The van der Waals surface area contributed by atoms with Gasteiger partial charge in [0.05, 0.1) is 12.7 Å². The van der Waals surface area contributed by atoms with Gasteiger partial charge in [0.1, 0.15) is 11.4 Å². The van der Waals surface area contributed by atoms with E-state index in [9.17, 15) is 14.7 Å². The van der Waals surface area contributed by atoms with Crippen molar-refractivity contribution >= 4 is 29.0 Å². The summed E-state index contributed by atoms with van der Waals surface area (Å²) in [6, 6.07) is 14.6. The molecule has 0 spiro atoms. The van der Waals surface area contributed by atoms with Crippen molar-refractivity contribution in [3.05, 3.63) is 70.4 Å². The van der Waals surface area contributed by atoms with E-state index in [1.165, 1.54) is 4.90 Å². The van der Waals surface area contributed by atoms with Gasteiger partial charge < -0.3 is 14.7 Å². The average molecular weight is 455 g/mol. The molecule has 0 aromatic heterocycles. The van der Waals surface area contributed by atoms with Gasteiger partial charge in [0.25, 0.3) is 11.8 Å². The molecule has 2 aliphatic rings. The third kappa shape index (κ3) is 4.52. The predicted molar refractivity (Wildman–Crippen MR) is 123 cm³/mol. The number of methoxy groups -OCH3 is 1. The van der Waals surface area contributed by atoms with Gasteiger partial charge >= 0.3 is 0 Å². The number of benzene rings is 2. The fourth-order valence-corrected chi connectivity index (χ4v) is 4.51. The number of amides is 2. The van der Waals surface area contributed by atoms with Crippen LogP contribution in [0.3, 0.4) is 0 Å². The molecule has 32 heavy (non-hydrogen) atoms. The molecule has 1 saturated heterocycles. The Balaban J connectivity index is 1.62. The number of nitrogens with zero attached hydrogens (tertiary/aromatic N) is 2. The quantitative estimate of drug-likeness (QED) is 0.649. The Morgan fingerprint density at radius 1 is 1.06 bits per heavy atom. The summed E-state index contributed by atoms with van der Waals surface area (Å²) >= 11 is 6.05. The first-order valence-electron chi connectivity index (χ1n) is 10.9. The van der Waals surface area contributed by atoms with Gasteiger partial charge in [-0.15, -0.1) is 0 Å². The van der Waals surface area contributed by atoms with E-state index >= 15 is 0 Å². The summed E-state index contributed by atoms with van der Waals surface area (Å²) in [5, 5.41) is 10.2. The van der Waals surface area contributed by atoms with E-state index in [1.807, 2.05) is 29.2 Å². The highest BCUT2D eigenvalue weighted by atomic mass is 35.5. The minimum absolute atomic E-state index is 0.0728. The lowest BCUT2D eigenvalue weighted by molar-refractivity contribution is -0.137. The Morgan fingerprint density at radius 3 is 2.44 bits per heavy atom. The second kappa shape index (κ2) is 9.76. The van der Waals surface area contributed by atoms with Crippen LogP contribution in [0.5, 0.6) is 5.75 Å². The van der Waals surface area contributed by atoms with Crippen molar-refractivity contribution in [1.29, 1.82) is 0 Å². The van der Waals surface area contributed by atoms with Gasteiger partial charge in [-0.05, 0) is 60.6 Å². The topological polar surface area (TPSA) is 70.1 Å². The second-order valence-corrected chi connectivity index (χ2v) is 8.66. The predicted octanol–water partition coefficient (Wildman–Crippen LogP) is 3.38. The summed E-state index contributed by atoms with van der Waals surface area (Å²) in [7, 11) is 1.62. The zero-order valence-electron chi connectivity index (χ0n) is 18.1. The Kier molecular flexibility index (Phi) is 6.82. The fourth-order valence-electron chi connectivity index (χ4n) is 4.39. The van der Waals surface area contributed by atoms with E-state index < -0.39 is 0 Å². The number of piperidine rings is 1. The Bertz CT molecular complexity index is 1020. The van der Waals surface area contributed by atoms with Crippen LogP contribution in [0, 0.1) is 5.92 Å². The van der Waals surface area contributed by atoms with E-state index in [0.29, 0.717) is 47.9 Å². The number of imide groups is 1. The van der Waals surface area contributed by atoms with Gasteiger partial charge in [-0.2, -0.15) is 0 Å². The molecule has 0 aliphatic carbocycles. The lowest BCUT2D eigenvalue weighted by Crippen LogP contribution is -2.41. The van der Waals surface area contributed by atoms with Crippen LogP contribution in [0.25, 0.3) is 5.57 Å². The van der Waals surface area contributed by atoms with E-state index in [-0.39, 0.29) is 24.3 Å². The lowest BCUT2D eigenvalue weighted by Gasteiger charge is -2.34. The number of carbonyl (C=O) groups excluding carboxylic acids is 2. The molecule has 1 N–H and O–H groups in total. The maximum absolute atomic E-state index is 13.5. The van der Waals surface area contributed by atoms with Crippen LogP contribution in [-0.4, -0.2) is 60.1 Å². The number of likely N-dealkylation sites (tertiary alicyclic amines) is 1. The van der Waals surface area contributed by atoms with Crippen molar-refractivity contribution < 1.29 is 19.4 Å². The molecule has 1 atom stereocenters. The molecule has 0 bridgehead atoms. The van der Waals surface area contributed by atoms with Crippen molar-refractivity contribution in [3.63, 3.8) is 0 Å². The van der Waals surface area contributed by atoms with Crippen LogP contribution in [0.2, 0.25) is 5.02 Å². The zero-order valence-corrected chi connectivity index (χ0v) is 18.8. The zero-order chi connectivity index (χ0) is 22.7. The van der Waals surface area contributed by atoms with Crippen molar-refractivity contribution in [2.45, 2.75) is 19.3 Å². The molecule has 2 amide bonds. The highest BCUT2D eigenvalue weighted by molar-refractivity contribution is 6.36. The van der Waals surface area contributed by atoms with Crippen molar-refractivity contribution in [1.82, 2.24) is 9.80 Å². The van der Waals surface area contributed by atoms with Gasteiger partial charge in [0.15, 0.2) is 0 Å². The minimum atomic E-state index is -0.285. The van der Waals surface area contributed by atoms with Gasteiger partial charge in [-0.25, -0.2) is 0 Å². The molecule has 4 rings (SSSR count). The van der Waals surface area contributed by atoms with Crippen LogP contribution < -0.4 is 4.74 Å². The molecule has 2 aromatic carbocycles. The smallest absolute Gasteiger partial charge is 0.277 e. The SMILES string of the molecule is COc1ccc(CCN2C(=O)C(c3ccc(Cl)cc3)=C(N3CCCC(CO)C3)C2=O)cc1. The first kappa shape index (κ1) is 22.4. The Labute approximate surface area is 193 Å². The molecule has 168 valence electrons. The maximum atomic E-state index is 13.5. The minimum Gasteiger partial charge on any atom is -0.497 e. The third-order valence-corrected chi connectivity index (χ3v) is 6.40. The highest BCUT2D eigenvalue weighted by Gasteiger charge is 2.42. The number of rotatable bonds is 7. The van der Waals surface area contributed by atoms with Crippen LogP contribution in [0.1, 0.15) is 24.0 Å². The number of hydrogen-bond acceptors (Lipinski definition) is 5. The third-order valence-electron chi connectivity index (χ3n) is 6.15. The van der Waals surface area contributed by atoms with Gasteiger partial charge in [-0.3, -0.25) is 14.5 Å². The molecule has 7 heteroatoms. The first-order chi connectivity index (χ1) is 15.5. The standard InChI is InChI=1S/C25H27ClN2O4/c1-32-21-10-4-17(5-11-21)12-14-28-24(30)22(19-6-8-20(26)9-7-19)23(25(28)31)27-13-2-3-18(15-27)16-29/h4-11,18,29H,2-3,12-16H2,1H3. The van der Waals surface area contributed by atoms with E-state index in [1.54, 1.807) is 31.4 Å². The molecular weight excluding hydrogens is 428 g/mol. The Hall–Kier alpha value is -2.83. The fraction of sp³-hybridized carbons (Fsp3) is 0.360. The normalized spacial score (nSPS) is 19.2. The Morgan fingerprint density at radius 2 is 1.78 bits per heavy atom. The number of halogens is 1. The number of ether oxygens (including phenoxy) is 1. The van der Waals surface area contributed by atoms with Crippen LogP contribution >= 0.6 is 11.6 Å².